The zero-order valence-electron chi connectivity index (χ0n) is 6.96. The van der Waals surface area contributed by atoms with Crippen molar-refractivity contribution in [2.45, 2.75) is 27.2 Å². The van der Waals surface area contributed by atoms with E-state index in [1.807, 2.05) is 6.20 Å². The summed E-state index contributed by atoms with van der Waals surface area (Å²) in [5, 5.41) is 0. The molecule has 0 bridgehead atoms. The number of rotatable bonds is 2. The van der Waals surface area contributed by atoms with Gasteiger partial charge in [-0.15, -0.1) is 0 Å². The minimum absolute atomic E-state index is 0.611. The van der Waals surface area contributed by atoms with Gasteiger partial charge in [-0.25, -0.2) is 0 Å². The zero-order chi connectivity index (χ0) is 7.56. The molecule has 0 aromatic carbocycles. The van der Waals surface area contributed by atoms with Crippen molar-refractivity contribution in [3.63, 3.8) is 0 Å². The van der Waals surface area contributed by atoms with Crippen molar-refractivity contribution < 1.29 is 0 Å². The fourth-order valence-electron chi connectivity index (χ4n) is 1.35. The third kappa shape index (κ3) is 1.28. The fraction of sp³-hybridized carbons (Fsp3) is 0.667. The number of allylic oxidation sites excluding steroid dienone is 1. The highest BCUT2D eigenvalue weighted by atomic mass is 14.7. The van der Waals surface area contributed by atoms with Crippen LogP contribution in [0.4, 0.5) is 0 Å². The Morgan fingerprint density at radius 3 is 2.70 bits per heavy atom. The first-order valence-corrected chi connectivity index (χ1v) is 4.00. The molecular weight excluding hydrogens is 122 g/mol. The summed E-state index contributed by atoms with van der Waals surface area (Å²) in [6.07, 6.45) is 5.31. The Morgan fingerprint density at radius 1 is 1.60 bits per heavy atom. The zero-order valence-corrected chi connectivity index (χ0v) is 6.96. The Morgan fingerprint density at radius 2 is 2.30 bits per heavy atom. The van der Waals surface area contributed by atoms with E-state index in [9.17, 15) is 0 Å². The van der Waals surface area contributed by atoms with Crippen LogP contribution in [0.5, 0.6) is 0 Å². The summed E-state index contributed by atoms with van der Waals surface area (Å²) < 4.78 is 0. The topological polar surface area (TPSA) is 12.4 Å². The van der Waals surface area contributed by atoms with Gasteiger partial charge in [0.05, 0.1) is 0 Å². The van der Waals surface area contributed by atoms with Crippen molar-refractivity contribution in [2.75, 3.05) is 0 Å². The minimum atomic E-state index is 0.611. The molecule has 0 N–H and O–H groups in total. The number of nitrogens with zero attached hydrogens (tertiary/aromatic N) is 1. The summed E-state index contributed by atoms with van der Waals surface area (Å²) in [5.74, 6) is 1.24. The monoisotopic (exact) mass is 137 g/mol. The molecule has 0 aromatic heterocycles. The van der Waals surface area contributed by atoms with Crippen LogP contribution >= 0.6 is 0 Å². The molecule has 1 aliphatic heterocycles. The molecule has 1 atom stereocenters. The maximum atomic E-state index is 4.32. The second-order valence-electron chi connectivity index (χ2n) is 3.06. The first-order chi connectivity index (χ1) is 4.75. The van der Waals surface area contributed by atoms with Crippen LogP contribution in [0, 0.1) is 11.8 Å². The van der Waals surface area contributed by atoms with Crippen LogP contribution in [-0.2, 0) is 0 Å². The van der Waals surface area contributed by atoms with Gasteiger partial charge in [-0.1, -0.05) is 26.8 Å². The molecule has 0 fully saturated rings. The lowest BCUT2D eigenvalue weighted by Crippen LogP contribution is -2.14. The number of hydrogen-bond acceptors (Lipinski definition) is 1. The van der Waals surface area contributed by atoms with Gasteiger partial charge in [0, 0.05) is 17.8 Å². The molecular formula is C9H15N. The summed E-state index contributed by atoms with van der Waals surface area (Å²) in [6, 6.07) is 0. The Balaban J connectivity index is 2.62. The number of aliphatic imine (C=N–C) groups is 1. The van der Waals surface area contributed by atoms with E-state index in [0.717, 1.165) is 0 Å². The third-order valence-corrected chi connectivity index (χ3v) is 1.95. The molecule has 0 radical (unpaired) electrons. The molecule has 1 heterocycles. The molecule has 1 unspecified atom stereocenters. The molecule has 0 saturated heterocycles. The van der Waals surface area contributed by atoms with Gasteiger partial charge in [-0.2, -0.15) is 0 Å². The van der Waals surface area contributed by atoms with Gasteiger partial charge in [0.2, 0.25) is 0 Å². The van der Waals surface area contributed by atoms with E-state index in [4.69, 9.17) is 0 Å². The summed E-state index contributed by atoms with van der Waals surface area (Å²) in [4.78, 5) is 4.32. The van der Waals surface area contributed by atoms with Crippen LogP contribution in [0.25, 0.3) is 0 Å². The summed E-state index contributed by atoms with van der Waals surface area (Å²) in [5.41, 5.74) is 1.35. The van der Waals surface area contributed by atoms with E-state index in [1.165, 1.54) is 12.1 Å². The maximum Gasteiger partial charge on any atom is 0.0273 e. The molecule has 0 saturated carbocycles. The standard InChI is InChI=1S/C9H15N/c1-4-8-5-6-10-9(8)7(2)3/h5-8H,4H2,1-3H3. The fourth-order valence-corrected chi connectivity index (χ4v) is 1.35. The second-order valence-corrected chi connectivity index (χ2v) is 3.06. The van der Waals surface area contributed by atoms with E-state index < -0.39 is 0 Å². The van der Waals surface area contributed by atoms with Crippen molar-refractivity contribution in [3.8, 4) is 0 Å². The SMILES string of the molecule is CCC1C=CN=C1C(C)C. The minimum Gasteiger partial charge on any atom is -0.265 e. The van der Waals surface area contributed by atoms with E-state index in [2.05, 4.69) is 31.8 Å². The summed E-state index contributed by atoms with van der Waals surface area (Å²) in [6.45, 7) is 6.61. The van der Waals surface area contributed by atoms with Crippen molar-refractivity contribution in [3.05, 3.63) is 12.3 Å². The normalized spacial score (nSPS) is 24.0. The molecule has 1 nitrogen and oxygen atoms in total. The van der Waals surface area contributed by atoms with Gasteiger partial charge in [0.15, 0.2) is 0 Å². The van der Waals surface area contributed by atoms with E-state index in [0.29, 0.717) is 11.8 Å². The Labute approximate surface area is 62.9 Å². The maximum absolute atomic E-state index is 4.32. The van der Waals surface area contributed by atoms with Crippen LogP contribution in [0.2, 0.25) is 0 Å². The molecule has 0 amide bonds. The van der Waals surface area contributed by atoms with Crippen molar-refractivity contribution >= 4 is 5.71 Å². The van der Waals surface area contributed by atoms with Crippen molar-refractivity contribution in [1.82, 2.24) is 0 Å². The molecule has 0 aromatic rings. The molecule has 0 aliphatic carbocycles. The molecule has 1 heteroatoms. The van der Waals surface area contributed by atoms with Gasteiger partial charge in [-0.05, 0) is 12.3 Å². The Bertz CT molecular complexity index is 166. The van der Waals surface area contributed by atoms with E-state index in [-0.39, 0.29) is 0 Å². The van der Waals surface area contributed by atoms with Gasteiger partial charge in [0.1, 0.15) is 0 Å². The Kier molecular flexibility index (Phi) is 2.25. The molecule has 1 rings (SSSR count). The van der Waals surface area contributed by atoms with Crippen molar-refractivity contribution in [2.24, 2.45) is 16.8 Å². The quantitative estimate of drug-likeness (QED) is 0.554. The van der Waals surface area contributed by atoms with E-state index in [1.54, 1.807) is 0 Å². The lowest BCUT2D eigenvalue weighted by Gasteiger charge is -2.11. The number of hydrogen-bond donors (Lipinski definition) is 0. The lowest BCUT2D eigenvalue weighted by molar-refractivity contribution is 0.751. The van der Waals surface area contributed by atoms with Gasteiger partial charge < -0.3 is 0 Å². The molecule has 0 spiro atoms. The second kappa shape index (κ2) is 3.00. The third-order valence-electron chi connectivity index (χ3n) is 1.95. The van der Waals surface area contributed by atoms with Crippen LogP contribution < -0.4 is 0 Å². The first kappa shape index (κ1) is 7.52. The average molecular weight is 137 g/mol. The van der Waals surface area contributed by atoms with Crippen molar-refractivity contribution in [1.29, 1.82) is 0 Å². The van der Waals surface area contributed by atoms with Gasteiger partial charge >= 0.3 is 0 Å². The van der Waals surface area contributed by atoms with Crippen LogP contribution in [0.15, 0.2) is 17.3 Å². The average Bonchev–Trinajstić information content (AvgIpc) is 2.33. The summed E-state index contributed by atoms with van der Waals surface area (Å²) >= 11 is 0. The van der Waals surface area contributed by atoms with Crippen LogP contribution in [-0.4, -0.2) is 5.71 Å². The molecule has 10 heavy (non-hydrogen) atoms. The predicted octanol–water partition coefficient (Wildman–Crippen LogP) is 2.64. The lowest BCUT2D eigenvalue weighted by atomic mass is 9.94. The highest BCUT2D eigenvalue weighted by molar-refractivity contribution is 5.91. The predicted molar refractivity (Wildman–Crippen MR) is 45.2 cm³/mol. The van der Waals surface area contributed by atoms with Crippen LogP contribution in [0.3, 0.4) is 0 Å². The molecule has 1 aliphatic rings. The largest absolute Gasteiger partial charge is 0.265 e. The van der Waals surface area contributed by atoms with Gasteiger partial charge in [-0.3, -0.25) is 4.99 Å². The van der Waals surface area contributed by atoms with Gasteiger partial charge in [0.25, 0.3) is 0 Å². The van der Waals surface area contributed by atoms with E-state index >= 15 is 0 Å². The first-order valence-electron chi connectivity index (χ1n) is 4.00. The van der Waals surface area contributed by atoms with Crippen LogP contribution in [0.1, 0.15) is 27.2 Å². The highest BCUT2D eigenvalue weighted by Crippen LogP contribution is 2.19. The highest BCUT2D eigenvalue weighted by Gasteiger charge is 2.16. The smallest absolute Gasteiger partial charge is 0.0273 e. The Hall–Kier alpha value is -0.590. The summed E-state index contributed by atoms with van der Waals surface area (Å²) in [7, 11) is 0. The molecule has 56 valence electrons.